The molecule has 1 unspecified atom stereocenters. The Morgan fingerprint density at radius 1 is 1.03 bits per heavy atom. The molecular formula is C25H41N3O4. The maximum Gasteiger partial charge on any atom is 0.408 e. The van der Waals surface area contributed by atoms with Crippen molar-refractivity contribution in [2.24, 2.45) is 0 Å². The highest BCUT2D eigenvalue weighted by atomic mass is 16.6. The Balaban J connectivity index is 3.29. The zero-order chi connectivity index (χ0) is 24.7. The number of alkyl carbamates (subject to hydrolysis) is 1. The van der Waals surface area contributed by atoms with Crippen molar-refractivity contribution in [1.29, 1.82) is 0 Å². The van der Waals surface area contributed by atoms with Crippen LogP contribution in [0.1, 0.15) is 84.0 Å². The van der Waals surface area contributed by atoms with Gasteiger partial charge < -0.3 is 20.3 Å². The fraction of sp³-hybridized carbons (Fsp3) is 0.640. The van der Waals surface area contributed by atoms with Gasteiger partial charge in [0.15, 0.2) is 0 Å². The largest absolute Gasteiger partial charge is 0.444 e. The zero-order valence-corrected chi connectivity index (χ0v) is 21.2. The molecule has 0 spiro atoms. The van der Waals surface area contributed by atoms with E-state index >= 15 is 0 Å². The van der Waals surface area contributed by atoms with Gasteiger partial charge in [0.1, 0.15) is 18.2 Å². The lowest BCUT2D eigenvalue weighted by atomic mass is 9.93. The third-order valence-corrected chi connectivity index (χ3v) is 4.83. The van der Waals surface area contributed by atoms with Crippen molar-refractivity contribution < 1.29 is 19.1 Å². The van der Waals surface area contributed by atoms with E-state index in [-0.39, 0.29) is 18.4 Å². The number of carbonyl (C=O) groups is 3. The first-order valence-electron chi connectivity index (χ1n) is 11.3. The highest BCUT2D eigenvalue weighted by molar-refractivity contribution is 5.91. The molecule has 1 rings (SSSR count). The Kier molecular flexibility index (Phi) is 9.73. The van der Waals surface area contributed by atoms with Crippen LogP contribution in [0.3, 0.4) is 0 Å². The summed E-state index contributed by atoms with van der Waals surface area (Å²) in [5.74, 6) is -0.593. The van der Waals surface area contributed by atoms with Crippen molar-refractivity contribution in [2.45, 2.75) is 92.3 Å². The molecule has 0 saturated carbocycles. The van der Waals surface area contributed by atoms with Crippen molar-refractivity contribution in [2.75, 3.05) is 13.1 Å². The number of nitrogens with one attached hydrogen (secondary N) is 2. The lowest BCUT2D eigenvalue weighted by Gasteiger charge is -2.41. The Bertz CT molecular complexity index is 806. The first kappa shape index (κ1) is 27.5. The molecule has 1 aromatic carbocycles. The maximum atomic E-state index is 13.4. The van der Waals surface area contributed by atoms with Gasteiger partial charge in [-0.2, -0.15) is 0 Å². The second-order valence-electron chi connectivity index (χ2n) is 10.2. The standard InChI is InChI=1S/C25H41N3O4/c1-10-11-14-26-22(30)21(19-13-12-17(2)15-18(19)3)28(24(4,5)6)20(29)16-27-23(31)32-25(7,8)9/h12-13,15,21H,10-11,14,16H2,1-9H3,(H,26,30)(H,27,31). The summed E-state index contributed by atoms with van der Waals surface area (Å²) in [6.07, 6.45) is 1.14. The number of benzene rings is 1. The summed E-state index contributed by atoms with van der Waals surface area (Å²) in [5.41, 5.74) is 1.44. The molecule has 1 aromatic rings. The first-order chi connectivity index (χ1) is 14.7. The van der Waals surface area contributed by atoms with Gasteiger partial charge in [-0.15, -0.1) is 0 Å². The Morgan fingerprint density at radius 2 is 1.66 bits per heavy atom. The molecule has 0 bridgehead atoms. The minimum absolute atomic E-state index is 0.231. The molecule has 0 aliphatic carbocycles. The monoisotopic (exact) mass is 447 g/mol. The van der Waals surface area contributed by atoms with Crippen LogP contribution in [0.5, 0.6) is 0 Å². The minimum atomic E-state index is -0.819. The zero-order valence-electron chi connectivity index (χ0n) is 21.2. The lowest BCUT2D eigenvalue weighted by Crippen LogP contribution is -2.55. The average molecular weight is 448 g/mol. The number of hydrogen-bond acceptors (Lipinski definition) is 4. The molecule has 0 aliphatic rings. The van der Waals surface area contributed by atoms with E-state index in [0.29, 0.717) is 6.54 Å². The van der Waals surface area contributed by atoms with Gasteiger partial charge in [0.2, 0.25) is 11.8 Å². The molecule has 1 atom stereocenters. The quantitative estimate of drug-likeness (QED) is 0.578. The van der Waals surface area contributed by atoms with Crippen LogP contribution in [0.4, 0.5) is 4.79 Å². The van der Waals surface area contributed by atoms with Crippen LogP contribution in [0.25, 0.3) is 0 Å². The van der Waals surface area contributed by atoms with Gasteiger partial charge >= 0.3 is 6.09 Å². The fourth-order valence-corrected chi connectivity index (χ4v) is 3.47. The van der Waals surface area contributed by atoms with E-state index in [9.17, 15) is 14.4 Å². The highest BCUT2D eigenvalue weighted by Crippen LogP contribution is 2.31. The number of ether oxygens (including phenoxy) is 1. The van der Waals surface area contributed by atoms with E-state index in [0.717, 1.165) is 29.5 Å². The topological polar surface area (TPSA) is 87.7 Å². The van der Waals surface area contributed by atoms with Crippen LogP contribution in [0.15, 0.2) is 18.2 Å². The van der Waals surface area contributed by atoms with E-state index in [1.165, 1.54) is 0 Å². The van der Waals surface area contributed by atoms with E-state index in [1.807, 2.05) is 52.8 Å². The van der Waals surface area contributed by atoms with Crippen molar-refractivity contribution in [3.8, 4) is 0 Å². The Hall–Kier alpha value is -2.57. The molecule has 0 heterocycles. The number of rotatable bonds is 8. The predicted molar refractivity (Wildman–Crippen MR) is 127 cm³/mol. The molecule has 7 heteroatoms. The molecular weight excluding hydrogens is 406 g/mol. The SMILES string of the molecule is CCCCNC(=O)C(c1ccc(C)cc1C)N(C(=O)CNC(=O)OC(C)(C)C)C(C)(C)C. The summed E-state index contributed by atoms with van der Waals surface area (Å²) in [7, 11) is 0. The van der Waals surface area contributed by atoms with E-state index in [2.05, 4.69) is 17.6 Å². The van der Waals surface area contributed by atoms with Gasteiger partial charge in [-0.3, -0.25) is 9.59 Å². The number of unbranched alkanes of at least 4 members (excludes halogenated alkanes) is 1. The van der Waals surface area contributed by atoms with Crippen LogP contribution in [0.2, 0.25) is 0 Å². The molecule has 0 aromatic heterocycles. The summed E-state index contributed by atoms with van der Waals surface area (Å²) in [6.45, 7) is 17.2. The number of carbonyl (C=O) groups excluding carboxylic acids is 3. The number of amides is 3. The average Bonchev–Trinajstić information content (AvgIpc) is 2.62. The van der Waals surface area contributed by atoms with Crippen LogP contribution < -0.4 is 10.6 Å². The third-order valence-electron chi connectivity index (χ3n) is 4.83. The van der Waals surface area contributed by atoms with Gasteiger partial charge in [-0.1, -0.05) is 37.1 Å². The normalized spacial score (nSPS) is 12.7. The molecule has 7 nitrogen and oxygen atoms in total. The lowest BCUT2D eigenvalue weighted by molar-refractivity contribution is -0.146. The van der Waals surface area contributed by atoms with E-state index < -0.39 is 23.3 Å². The molecule has 0 saturated heterocycles. The number of nitrogens with zero attached hydrogens (tertiary/aromatic N) is 1. The van der Waals surface area contributed by atoms with Crippen molar-refractivity contribution in [3.63, 3.8) is 0 Å². The van der Waals surface area contributed by atoms with Crippen molar-refractivity contribution in [1.82, 2.24) is 15.5 Å². The summed E-state index contributed by atoms with van der Waals surface area (Å²) in [4.78, 5) is 40.4. The van der Waals surface area contributed by atoms with Crippen molar-refractivity contribution >= 4 is 17.9 Å². The summed E-state index contributed by atoms with van der Waals surface area (Å²) in [5, 5.41) is 5.51. The summed E-state index contributed by atoms with van der Waals surface area (Å²) in [6, 6.07) is 5.03. The fourth-order valence-electron chi connectivity index (χ4n) is 3.47. The minimum Gasteiger partial charge on any atom is -0.444 e. The van der Waals surface area contributed by atoms with Gasteiger partial charge in [0, 0.05) is 12.1 Å². The van der Waals surface area contributed by atoms with Gasteiger partial charge in [-0.05, 0) is 72.9 Å². The molecule has 3 amide bonds. The summed E-state index contributed by atoms with van der Waals surface area (Å²) < 4.78 is 5.24. The number of hydrogen-bond donors (Lipinski definition) is 2. The predicted octanol–water partition coefficient (Wildman–Crippen LogP) is 4.41. The molecule has 0 radical (unpaired) electrons. The molecule has 180 valence electrons. The molecule has 0 aliphatic heterocycles. The van der Waals surface area contributed by atoms with Crippen LogP contribution >= 0.6 is 0 Å². The molecule has 32 heavy (non-hydrogen) atoms. The first-order valence-corrected chi connectivity index (χ1v) is 11.3. The van der Waals surface area contributed by atoms with E-state index in [1.54, 1.807) is 25.7 Å². The Morgan fingerprint density at radius 3 is 2.16 bits per heavy atom. The van der Waals surface area contributed by atoms with Crippen molar-refractivity contribution in [3.05, 3.63) is 34.9 Å². The second-order valence-corrected chi connectivity index (χ2v) is 10.2. The smallest absolute Gasteiger partial charge is 0.408 e. The number of aryl methyl sites for hydroxylation is 2. The molecule has 0 fully saturated rings. The van der Waals surface area contributed by atoms with Gasteiger partial charge in [0.25, 0.3) is 0 Å². The van der Waals surface area contributed by atoms with E-state index in [4.69, 9.17) is 4.74 Å². The van der Waals surface area contributed by atoms with Crippen LogP contribution in [-0.2, 0) is 14.3 Å². The van der Waals surface area contributed by atoms with Crippen LogP contribution in [-0.4, -0.2) is 47.0 Å². The third kappa shape index (κ3) is 8.52. The van der Waals surface area contributed by atoms with Gasteiger partial charge in [0.05, 0.1) is 0 Å². The molecule has 2 N–H and O–H groups in total. The Labute approximate surface area is 193 Å². The second kappa shape index (κ2) is 11.3. The van der Waals surface area contributed by atoms with Gasteiger partial charge in [-0.25, -0.2) is 4.79 Å². The maximum absolute atomic E-state index is 13.4. The summed E-state index contributed by atoms with van der Waals surface area (Å²) >= 11 is 0. The van der Waals surface area contributed by atoms with Crippen LogP contribution in [0, 0.1) is 13.8 Å². The highest BCUT2D eigenvalue weighted by Gasteiger charge is 2.39.